The molecule has 0 aliphatic rings. The monoisotopic (exact) mass is 474 g/mol. The number of carboxylic acid groups (broad SMARTS) is 2. The number of hydrogen-bond donors (Lipinski definition) is 2. The van der Waals surface area contributed by atoms with Crippen LogP contribution < -0.4 is 0 Å². The fourth-order valence-electron chi connectivity index (χ4n) is 4.55. The van der Waals surface area contributed by atoms with Gasteiger partial charge < -0.3 is 10.2 Å². The fraction of sp³-hybridized carbons (Fsp3) is 0.355. The molecule has 0 bridgehead atoms. The lowest BCUT2D eigenvalue weighted by Crippen LogP contribution is -2.13. The lowest BCUT2D eigenvalue weighted by molar-refractivity contribution is 0.0685. The van der Waals surface area contributed by atoms with Crippen molar-refractivity contribution < 1.29 is 19.8 Å². The topological polar surface area (TPSA) is 74.6 Å². The van der Waals surface area contributed by atoms with Gasteiger partial charge in [-0.2, -0.15) is 0 Å². The summed E-state index contributed by atoms with van der Waals surface area (Å²) in [6.45, 7) is 8.57. The maximum Gasteiger partial charge on any atom is 0.335 e. The molecule has 4 heteroatoms. The van der Waals surface area contributed by atoms with E-state index in [0.717, 1.165) is 36.3 Å². The van der Waals surface area contributed by atoms with Crippen LogP contribution in [0.4, 0.5) is 0 Å². The summed E-state index contributed by atoms with van der Waals surface area (Å²) in [4.78, 5) is 23.1. The first-order valence-electron chi connectivity index (χ1n) is 12.5. The third-order valence-electron chi connectivity index (χ3n) is 6.30. The number of carbonyl (C=O) groups is 2. The van der Waals surface area contributed by atoms with Crippen LogP contribution in [0.1, 0.15) is 96.2 Å². The largest absolute Gasteiger partial charge is 0.478 e. The van der Waals surface area contributed by atoms with Crippen molar-refractivity contribution in [3.63, 3.8) is 0 Å². The molecule has 3 aromatic rings. The molecule has 0 fully saturated rings. The molecule has 2 unspecified atom stereocenters. The summed E-state index contributed by atoms with van der Waals surface area (Å²) in [7, 11) is 0. The maximum atomic E-state index is 11.5. The predicted octanol–water partition coefficient (Wildman–Crippen LogP) is 8.05. The van der Waals surface area contributed by atoms with E-state index >= 15 is 0 Å². The summed E-state index contributed by atoms with van der Waals surface area (Å²) in [5, 5.41) is 18.9. The molecule has 186 valence electrons. The quantitative estimate of drug-likeness (QED) is 0.312. The van der Waals surface area contributed by atoms with E-state index in [1.807, 2.05) is 38.1 Å². The van der Waals surface area contributed by atoms with Gasteiger partial charge in [-0.15, -0.1) is 0 Å². The molecule has 2 N–H and O–H groups in total. The van der Waals surface area contributed by atoms with Gasteiger partial charge in [0, 0.05) is 0 Å². The van der Waals surface area contributed by atoms with E-state index in [1.54, 1.807) is 24.3 Å². The molecule has 0 saturated carbocycles. The molecule has 0 amide bonds. The van der Waals surface area contributed by atoms with Crippen molar-refractivity contribution in [1.29, 1.82) is 0 Å². The average Bonchev–Trinajstić information content (AvgIpc) is 2.85. The highest BCUT2D eigenvalue weighted by molar-refractivity contribution is 5.90. The molecule has 3 rings (SSSR count). The molecule has 0 saturated heterocycles. The smallest absolute Gasteiger partial charge is 0.335 e. The van der Waals surface area contributed by atoms with Crippen LogP contribution in [-0.4, -0.2) is 22.2 Å². The second-order valence-electron chi connectivity index (χ2n) is 9.31. The zero-order chi connectivity index (χ0) is 25.8. The Hall–Kier alpha value is -3.40. The van der Waals surface area contributed by atoms with Gasteiger partial charge in [-0.05, 0) is 72.3 Å². The zero-order valence-electron chi connectivity index (χ0n) is 21.3. The number of hydrogen-bond acceptors (Lipinski definition) is 2. The van der Waals surface area contributed by atoms with E-state index < -0.39 is 11.9 Å². The van der Waals surface area contributed by atoms with Gasteiger partial charge in [0.2, 0.25) is 0 Å². The number of benzene rings is 3. The maximum absolute atomic E-state index is 11.5. The van der Waals surface area contributed by atoms with Crippen molar-refractivity contribution in [2.24, 2.45) is 5.92 Å². The summed E-state index contributed by atoms with van der Waals surface area (Å²) < 4.78 is 0. The Labute approximate surface area is 209 Å². The van der Waals surface area contributed by atoms with Gasteiger partial charge in [0.05, 0.1) is 11.1 Å². The Balaban J connectivity index is 0.000000360. The highest BCUT2D eigenvalue weighted by Gasteiger charge is 2.24. The molecule has 35 heavy (non-hydrogen) atoms. The summed E-state index contributed by atoms with van der Waals surface area (Å²) in [6.07, 6.45) is 3.52. The molecule has 0 spiro atoms. The summed E-state index contributed by atoms with van der Waals surface area (Å²) in [6, 6.07) is 24.8. The Morgan fingerprint density at radius 3 is 1.43 bits per heavy atom. The van der Waals surface area contributed by atoms with Crippen LogP contribution in [0.2, 0.25) is 0 Å². The minimum atomic E-state index is -0.923. The lowest BCUT2D eigenvalue weighted by Gasteiger charge is -2.24. The third kappa shape index (κ3) is 8.40. The van der Waals surface area contributed by atoms with E-state index in [2.05, 4.69) is 44.2 Å². The van der Waals surface area contributed by atoms with E-state index in [4.69, 9.17) is 0 Å². The van der Waals surface area contributed by atoms with Crippen LogP contribution in [0.3, 0.4) is 0 Å². The Morgan fingerprint density at radius 2 is 1.06 bits per heavy atom. The summed E-state index contributed by atoms with van der Waals surface area (Å²) in [5.74, 6) is -0.943. The van der Waals surface area contributed by atoms with Crippen LogP contribution in [-0.2, 0) is 6.42 Å². The Kier molecular flexibility index (Phi) is 11.2. The molecule has 0 heterocycles. The summed E-state index contributed by atoms with van der Waals surface area (Å²) in [5.41, 5.74) is 3.75. The second-order valence-corrected chi connectivity index (χ2v) is 9.31. The number of aromatic carboxylic acids is 2. The van der Waals surface area contributed by atoms with Crippen molar-refractivity contribution in [3.05, 3.63) is 107 Å². The Morgan fingerprint density at radius 1 is 0.657 bits per heavy atom. The molecule has 2 atom stereocenters. The van der Waals surface area contributed by atoms with Crippen LogP contribution in [0.25, 0.3) is 0 Å². The third-order valence-corrected chi connectivity index (χ3v) is 6.30. The normalized spacial score (nSPS) is 12.4. The van der Waals surface area contributed by atoms with E-state index in [0.29, 0.717) is 11.1 Å². The van der Waals surface area contributed by atoms with Gasteiger partial charge in [-0.3, -0.25) is 0 Å². The lowest BCUT2D eigenvalue weighted by atomic mass is 9.80. The van der Waals surface area contributed by atoms with E-state index in [1.165, 1.54) is 12.0 Å². The minimum Gasteiger partial charge on any atom is -0.478 e. The average molecular weight is 475 g/mol. The standard InChI is InChI=1S/C21H24O4.C10H14/c1-3-14(16-9-5-7-11-18(16)20(22)23)13-15(4-2)17-10-6-8-12-19(17)21(24)25;1-9(2)8-10-6-4-3-5-7-10/h5-12,14-15H,3-4,13H2,1-2H3,(H,22,23)(H,24,25);3-7,9H,8H2,1-2H3. The molecule has 0 aliphatic heterocycles. The molecule has 4 nitrogen and oxygen atoms in total. The zero-order valence-corrected chi connectivity index (χ0v) is 21.3. The molecule has 0 radical (unpaired) electrons. The molecule has 0 aliphatic carbocycles. The Bertz CT molecular complexity index is 1010. The van der Waals surface area contributed by atoms with Gasteiger partial charge in [0.1, 0.15) is 0 Å². The van der Waals surface area contributed by atoms with E-state index in [-0.39, 0.29) is 11.8 Å². The highest BCUT2D eigenvalue weighted by atomic mass is 16.4. The first-order valence-corrected chi connectivity index (χ1v) is 12.5. The first kappa shape index (κ1) is 27.8. The molecule has 3 aromatic carbocycles. The van der Waals surface area contributed by atoms with Crippen LogP contribution in [0.5, 0.6) is 0 Å². The number of rotatable bonds is 10. The van der Waals surface area contributed by atoms with Crippen LogP contribution in [0, 0.1) is 5.92 Å². The van der Waals surface area contributed by atoms with Gasteiger partial charge >= 0.3 is 11.9 Å². The van der Waals surface area contributed by atoms with E-state index in [9.17, 15) is 19.8 Å². The fourth-order valence-corrected chi connectivity index (χ4v) is 4.55. The van der Waals surface area contributed by atoms with Crippen molar-refractivity contribution >= 4 is 11.9 Å². The van der Waals surface area contributed by atoms with Gasteiger partial charge in [-0.25, -0.2) is 9.59 Å². The predicted molar refractivity (Wildman–Crippen MR) is 142 cm³/mol. The number of carboxylic acids is 2. The molecular weight excluding hydrogens is 436 g/mol. The first-order chi connectivity index (χ1) is 16.8. The van der Waals surface area contributed by atoms with Gasteiger partial charge in [-0.1, -0.05) is 94.4 Å². The van der Waals surface area contributed by atoms with Crippen molar-refractivity contribution in [2.75, 3.05) is 0 Å². The van der Waals surface area contributed by atoms with Gasteiger partial charge in [0.25, 0.3) is 0 Å². The van der Waals surface area contributed by atoms with Gasteiger partial charge in [0.15, 0.2) is 0 Å². The summed E-state index contributed by atoms with van der Waals surface area (Å²) >= 11 is 0. The minimum absolute atomic E-state index is 0.0686. The SMILES string of the molecule is CC(C)Cc1ccccc1.CCC(CC(CC)c1ccccc1C(=O)O)c1ccccc1C(=O)O. The van der Waals surface area contributed by atoms with Crippen molar-refractivity contribution in [3.8, 4) is 0 Å². The second kappa shape index (κ2) is 14.1. The van der Waals surface area contributed by atoms with Crippen molar-refractivity contribution in [1.82, 2.24) is 0 Å². The van der Waals surface area contributed by atoms with Crippen LogP contribution in [0.15, 0.2) is 78.9 Å². The van der Waals surface area contributed by atoms with Crippen molar-refractivity contribution in [2.45, 2.75) is 65.2 Å². The van der Waals surface area contributed by atoms with Crippen LogP contribution >= 0.6 is 0 Å². The molecule has 0 aromatic heterocycles. The molecular formula is C31H38O4. The highest BCUT2D eigenvalue weighted by Crippen LogP contribution is 2.36.